The molecule has 1 amide bonds. The van der Waals surface area contributed by atoms with E-state index in [-0.39, 0.29) is 0 Å². The van der Waals surface area contributed by atoms with E-state index in [4.69, 9.17) is 0 Å². The number of carbonyl (C=O) groups is 2. The average Bonchev–Trinajstić information content (AvgIpc) is 2.92. The van der Waals surface area contributed by atoms with Gasteiger partial charge < -0.3 is 10.4 Å². The van der Waals surface area contributed by atoms with Gasteiger partial charge in [-0.1, -0.05) is 28.1 Å². The van der Waals surface area contributed by atoms with Crippen molar-refractivity contribution >= 4 is 39.1 Å². The van der Waals surface area contributed by atoms with Crippen LogP contribution in [0.2, 0.25) is 0 Å². The summed E-state index contributed by atoms with van der Waals surface area (Å²) in [5.41, 5.74) is 1.24. The van der Waals surface area contributed by atoms with Gasteiger partial charge in [-0.3, -0.25) is 4.79 Å². The van der Waals surface area contributed by atoms with Gasteiger partial charge >= 0.3 is 5.97 Å². The SMILES string of the molecule is Cc1c(Br)cccc1C(=O)NC(C(=O)O)c1cccs1. The maximum Gasteiger partial charge on any atom is 0.331 e. The van der Waals surface area contributed by atoms with Gasteiger partial charge in [0, 0.05) is 14.9 Å². The predicted molar refractivity (Wildman–Crippen MR) is 81.0 cm³/mol. The van der Waals surface area contributed by atoms with E-state index in [1.54, 1.807) is 36.6 Å². The molecule has 0 aliphatic heterocycles. The van der Waals surface area contributed by atoms with Crippen LogP contribution >= 0.6 is 27.3 Å². The molecule has 0 bridgehead atoms. The number of aliphatic carboxylic acids is 1. The third kappa shape index (κ3) is 3.08. The second kappa shape index (κ2) is 6.19. The molecular formula is C14H12BrNO3S. The maximum absolute atomic E-state index is 12.2. The second-order valence-corrected chi connectivity index (χ2v) is 6.01. The number of halogens is 1. The van der Waals surface area contributed by atoms with Gasteiger partial charge in [-0.25, -0.2) is 4.79 Å². The third-order valence-corrected chi connectivity index (χ3v) is 4.66. The van der Waals surface area contributed by atoms with E-state index in [0.717, 1.165) is 10.0 Å². The van der Waals surface area contributed by atoms with Crippen LogP contribution in [0.25, 0.3) is 0 Å². The highest BCUT2D eigenvalue weighted by Gasteiger charge is 2.24. The Balaban J connectivity index is 2.25. The fraction of sp³-hybridized carbons (Fsp3) is 0.143. The fourth-order valence-corrected chi connectivity index (χ4v) is 2.91. The summed E-state index contributed by atoms with van der Waals surface area (Å²) < 4.78 is 0.813. The van der Waals surface area contributed by atoms with Gasteiger partial charge in [0.15, 0.2) is 6.04 Å². The van der Waals surface area contributed by atoms with Crippen molar-refractivity contribution in [3.8, 4) is 0 Å². The summed E-state index contributed by atoms with van der Waals surface area (Å²) in [6.45, 7) is 1.81. The number of hydrogen-bond donors (Lipinski definition) is 2. The van der Waals surface area contributed by atoms with Crippen LogP contribution in [0.1, 0.15) is 26.8 Å². The zero-order chi connectivity index (χ0) is 14.7. The molecule has 104 valence electrons. The van der Waals surface area contributed by atoms with Crippen LogP contribution < -0.4 is 5.32 Å². The molecule has 2 rings (SSSR count). The van der Waals surface area contributed by atoms with E-state index in [0.29, 0.717) is 10.4 Å². The average molecular weight is 354 g/mol. The highest BCUT2D eigenvalue weighted by Crippen LogP contribution is 2.22. The van der Waals surface area contributed by atoms with E-state index in [1.165, 1.54) is 11.3 Å². The standard InChI is InChI=1S/C14H12BrNO3S/c1-8-9(4-2-5-10(8)15)13(17)16-12(14(18)19)11-6-3-7-20-11/h2-7,12H,1H3,(H,16,17)(H,18,19). The Bertz CT molecular complexity index is 640. The molecule has 1 heterocycles. The highest BCUT2D eigenvalue weighted by atomic mass is 79.9. The van der Waals surface area contributed by atoms with Gasteiger partial charge in [-0.05, 0) is 36.1 Å². The van der Waals surface area contributed by atoms with E-state index < -0.39 is 17.9 Å². The van der Waals surface area contributed by atoms with E-state index in [1.807, 2.05) is 6.07 Å². The molecule has 0 saturated heterocycles. The Kier molecular flexibility index (Phi) is 4.57. The minimum absolute atomic E-state index is 0.399. The van der Waals surface area contributed by atoms with Gasteiger partial charge in [0.05, 0.1) is 0 Å². The molecule has 2 aromatic rings. The van der Waals surface area contributed by atoms with Crippen molar-refractivity contribution < 1.29 is 14.7 Å². The lowest BCUT2D eigenvalue weighted by Crippen LogP contribution is -2.33. The topological polar surface area (TPSA) is 66.4 Å². The molecule has 0 aliphatic rings. The summed E-state index contributed by atoms with van der Waals surface area (Å²) in [6.07, 6.45) is 0. The number of benzene rings is 1. The van der Waals surface area contributed by atoms with Gasteiger partial charge in [0.2, 0.25) is 0 Å². The van der Waals surface area contributed by atoms with Gasteiger partial charge in [0.25, 0.3) is 5.91 Å². The van der Waals surface area contributed by atoms with Gasteiger partial charge in [0.1, 0.15) is 0 Å². The minimum Gasteiger partial charge on any atom is -0.479 e. The fourth-order valence-electron chi connectivity index (χ4n) is 1.77. The zero-order valence-electron chi connectivity index (χ0n) is 10.6. The van der Waals surface area contributed by atoms with Gasteiger partial charge in [-0.2, -0.15) is 0 Å². The summed E-state index contributed by atoms with van der Waals surface area (Å²) in [4.78, 5) is 24.1. The molecule has 20 heavy (non-hydrogen) atoms. The predicted octanol–water partition coefficient (Wildman–Crippen LogP) is 3.37. The van der Waals surface area contributed by atoms with Crippen LogP contribution in [-0.4, -0.2) is 17.0 Å². The van der Waals surface area contributed by atoms with Crippen LogP contribution in [0.3, 0.4) is 0 Å². The van der Waals surface area contributed by atoms with E-state index in [2.05, 4.69) is 21.2 Å². The Morgan fingerprint density at radius 3 is 2.65 bits per heavy atom. The number of carboxylic acid groups (broad SMARTS) is 1. The first-order valence-electron chi connectivity index (χ1n) is 5.83. The van der Waals surface area contributed by atoms with Crippen LogP contribution in [0.5, 0.6) is 0 Å². The van der Waals surface area contributed by atoms with Crippen molar-refractivity contribution in [3.63, 3.8) is 0 Å². The first-order valence-corrected chi connectivity index (χ1v) is 7.50. The largest absolute Gasteiger partial charge is 0.479 e. The van der Waals surface area contributed by atoms with Gasteiger partial charge in [-0.15, -0.1) is 11.3 Å². The number of nitrogens with one attached hydrogen (secondary N) is 1. The lowest BCUT2D eigenvalue weighted by molar-refractivity contribution is -0.139. The summed E-state index contributed by atoms with van der Waals surface area (Å²) in [5.74, 6) is -1.47. The monoisotopic (exact) mass is 353 g/mol. The first-order chi connectivity index (χ1) is 9.50. The number of amides is 1. The molecular weight excluding hydrogens is 342 g/mol. The molecule has 1 atom stereocenters. The van der Waals surface area contributed by atoms with Crippen molar-refractivity contribution in [2.75, 3.05) is 0 Å². The van der Waals surface area contributed by atoms with Crippen molar-refractivity contribution in [2.45, 2.75) is 13.0 Å². The lowest BCUT2D eigenvalue weighted by Gasteiger charge is -2.14. The molecule has 0 fully saturated rings. The number of hydrogen-bond acceptors (Lipinski definition) is 3. The summed E-state index contributed by atoms with van der Waals surface area (Å²) >= 11 is 4.65. The first kappa shape index (κ1) is 14.7. The normalized spacial score (nSPS) is 11.9. The molecule has 2 N–H and O–H groups in total. The molecule has 0 spiro atoms. The Labute approximate surface area is 128 Å². The van der Waals surface area contributed by atoms with Crippen LogP contribution in [0.4, 0.5) is 0 Å². The van der Waals surface area contributed by atoms with Crippen LogP contribution in [-0.2, 0) is 4.79 Å². The van der Waals surface area contributed by atoms with E-state index >= 15 is 0 Å². The molecule has 4 nitrogen and oxygen atoms in total. The number of carbonyl (C=O) groups excluding carboxylic acids is 1. The molecule has 6 heteroatoms. The summed E-state index contributed by atoms with van der Waals surface area (Å²) in [7, 11) is 0. The lowest BCUT2D eigenvalue weighted by atomic mass is 10.1. The number of thiophene rings is 1. The Hall–Kier alpha value is -1.66. The van der Waals surface area contributed by atoms with Crippen molar-refractivity contribution in [1.82, 2.24) is 5.32 Å². The number of carboxylic acids is 1. The molecule has 1 aromatic heterocycles. The maximum atomic E-state index is 12.2. The Morgan fingerprint density at radius 1 is 1.30 bits per heavy atom. The third-order valence-electron chi connectivity index (χ3n) is 2.86. The Morgan fingerprint density at radius 2 is 2.05 bits per heavy atom. The summed E-state index contributed by atoms with van der Waals surface area (Å²) in [6, 6.07) is 7.67. The molecule has 1 aromatic carbocycles. The highest BCUT2D eigenvalue weighted by molar-refractivity contribution is 9.10. The van der Waals surface area contributed by atoms with Crippen molar-refractivity contribution in [2.24, 2.45) is 0 Å². The van der Waals surface area contributed by atoms with Crippen molar-refractivity contribution in [1.29, 1.82) is 0 Å². The van der Waals surface area contributed by atoms with Crippen LogP contribution in [0, 0.1) is 6.92 Å². The van der Waals surface area contributed by atoms with Crippen molar-refractivity contribution in [3.05, 3.63) is 56.2 Å². The number of rotatable bonds is 4. The second-order valence-electron chi connectivity index (χ2n) is 4.17. The zero-order valence-corrected chi connectivity index (χ0v) is 13.0. The van der Waals surface area contributed by atoms with Crippen LogP contribution in [0.15, 0.2) is 40.2 Å². The molecule has 0 radical (unpaired) electrons. The molecule has 1 unspecified atom stereocenters. The summed E-state index contributed by atoms with van der Waals surface area (Å²) in [5, 5.41) is 13.6. The molecule has 0 aliphatic carbocycles. The minimum atomic E-state index is -1.08. The quantitative estimate of drug-likeness (QED) is 0.885. The molecule has 0 saturated carbocycles. The smallest absolute Gasteiger partial charge is 0.331 e. The van der Waals surface area contributed by atoms with E-state index in [9.17, 15) is 14.7 Å².